The van der Waals surface area contributed by atoms with Crippen molar-refractivity contribution in [2.24, 2.45) is 0 Å². The molecule has 0 unspecified atom stereocenters. The van der Waals surface area contributed by atoms with Gasteiger partial charge in [0.2, 0.25) is 0 Å². The molecule has 0 aromatic heterocycles. The average molecular weight is 324 g/mol. The van der Waals surface area contributed by atoms with Crippen molar-refractivity contribution in [3.8, 4) is 11.1 Å². The summed E-state index contributed by atoms with van der Waals surface area (Å²) in [5.74, 6) is -0.852. The van der Waals surface area contributed by atoms with Crippen molar-refractivity contribution >= 4 is 5.97 Å². The van der Waals surface area contributed by atoms with E-state index in [2.05, 4.69) is 13.0 Å². The fraction of sp³-hybridized carbons (Fsp3) is 0.409. The molecule has 0 heterocycles. The zero-order chi connectivity index (χ0) is 17.2. The van der Waals surface area contributed by atoms with E-state index in [1.807, 2.05) is 42.5 Å². The minimum Gasteiger partial charge on any atom is -0.478 e. The molecule has 0 atom stereocenters. The Bertz CT molecular complexity index is 632. The first-order chi connectivity index (χ1) is 11.7. The lowest BCUT2D eigenvalue weighted by Gasteiger charge is -2.09. The molecular formula is C22H28O2. The van der Waals surface area contributed by atoms with E-state index in [1.54, 1.807) is 0 Å². The number of hydrogen-bond donors (Lipinski definition) is 1. The van der Waals surface area contributed by atoms with Gasteiger partial charge in [-0.3, -0.25) is 0 Å². The van der Waals surface area contributed by atoms with Gasteiger partial charge in [-0.05, 0) is 35.6 Å². The highest BCUT2D eigenvalue weighted by molar-refractivity contribution is 5.96. The molecule has 2 rings (SSSR count). The second-order valence-corrected chi connectivity index (χ2v) is 6.42. The average Bonchev–Trinajstić information content (AvgIpc) is 2.61. The Labute approximate surface area is 145 Å². The molecule has 24 heavy (non-hydrogen) atoms. The van der Waals surface area contributed by atoms with Crippen molar-refractivity contribution in [2.75, 3.05) is 0 Å². The van der Waals surface area contributed by atoms with Crippen molar-refractivity contribution in [2.45, 2.75) is 58.3 Å². The highest BCUT2D eigenvalue weighted by Crippen LogP contribution is 2.25. The molecule has 0 fully saturated rings. The molecule has 0 bridgehead atoms. The molecule has 0 amide bonds. The van der Waals surface area contributed by atoms with Crippen LogP contribution in [0.15, 0.2) is 48.5 Å². The van der Waals surface area contributed by atoms with Crippen LogP contribution in [0.2, 0.25) is 0 Å². The van der Waals surface area contributed by atoms with Crippen LogP contribution in [0.1, 0.15) is 67.8 Å². The summed E-state index contributed by atoms with van der Waals surface area (Å²) in [5, 5.41) is 9.54. The molecule has 2 nitrogen and oxygen atoms in total. The zero-order valence-corrected chi connectivity index (χ0v) is 14.6. The number of carboxylic acids is 1. The molecule has 0 radical (unpaired) electrons. The largest absolute Gasteiger partial charge is 0.478 e. The topological polar surface area (TPSA) is 37.3 Å². The lowest BCUT2D eigenvalue weighted by atomic mass is 9.95. The van der Waals surface area contributed by atoms with E-state index >= 15 is 0 Å². The number of benzene rings is 2. The lowest BCUT2D eigenvalue weighted by Crippen LogP contribution is -2.01. The molecule has 2 heteroatoms. The van der Waals surface area contributed by atoms with E-state index in [0.717, 1.165) is 29.5 Å². The van der Waals surface area contributed by atoms with Crippen molar-refractivity contribution < 1.29 is 9.90 Å². The molecule has 128 valence electrons. The number of rotatable bonds is 10. The molecule has 2 aromatic carbocycles. The second kappa shape index (κ2) is 9.92. The Morgan fingerprint density at radius 3 is 2.21 bits per heavy atom. The van der Waals surface area contributed by atoms with Crippen molar-refractivity contribution in [1.82, 2.24) is 0 Å². The van der Waals surface area contributed by atoms with Crippen LogP contribution in [-0.2, 0) is 6.42 Å². The van der Waals surface area contributed by atoms with Crippen LogP contribution in [0.3, 0.4) is 0 Å². The lowest BCUT2D eigenvalue weighted by molar-refractivity contribution is 0.0697. The van der Waals surface area contributed by atoms with Crippen LogP contribution in [0, 0.1) is 0 Å². The summed E-state index contributed by atoms with van der Waals surface area (Å²) >= 11 is 0. The van der Waals surface area contributed by atoms with E-state index in [4.69, 9.17) is 0 Å². The van der Waals surface area contributed by atoms with E-state index in [-0.39, 0.29) is 0 Å². The fourth-order valence-electron chi connectivity index (χ4n) is 3.08. The maximum Gasteiger partial charge on any atom is 0.336 e. The van der Waals surface area contributed by atoms with Crippen LogP contribution in [0.25, 0.3) is 11.1 Å². The second-order valence-electron chi connectivity index (χ2n) is 6.42. The van der Waals surface area contributed by atoms with Crippen LogP contribution in [-0.4, -0.2) is 11.1 Å². The van der Waals surface area contributed by atoms with Gasteiger partial charge in [0, 0.05) is 0 Å². The van der Waals surface area contributed by atoms with E-state index in [9.17, 15) is 9.90 Å². The number of carboxylic acid groups (broad SMARTS) is 1. The summed E-state index contributed by atoms with van der Waals surface area (Å²) in [6, 6.07) is 15.6. The predicted molar refractivity (Wildman–Crippen MR) is 101 cm³/mol. The molecular weight excluding hydrogens is 296 g/mol. The number of aromatic carboxylic acids is 1. The normalized spacial score (nSPS) is 10.7. The Kier molecular flexibility index (Phi) is 7.54. The summed E-state index contributed by atoms with van der Waals surface area (Å²) in [5.41, 5.74) is 3.28. The van der Waals surface area contributed by atoms with Gasteiger partial charge < -0.3 is 5.11 Å². The number of aryl methyl sites for hydroxylation is 1. The van der Waals surface area contributed by atoms with Gasteiger partial charge in [-0.15, -0.1) is 0 Å². The molecule has 0 spiro atoms. The fourth-order valence-corrected chi connectivity index (χ4v) is 3.08. The van der Waals surface area contributed by atoms with E-state index in [1.165, 1.54) is 38.5 Å². The zero-order valence-electron chi connectivity index (χ0n) is 14.6. The van der Waals surface area contributed by atoms with Crippen molar-refractivity contribution in [3.63, 3.8) is 0 Å². The maximum absolute atomic E-state index is 11.6. The highest BCUT2D eigenvalue weighted by Gasteiger charge is 2.12. The monoisotopic (exact) mass is 324 g/mol. The molecule has 0 aliphatic carbocycles. The smallest absolute Gasteiger partial charge is 0.336 e. The van der Waals surface area contributed by atoms with Crippen molar-refractivity contribution in [3.05, 3.63) is 59.7 Å². The van der Waals surface area contributed by atoms with Gasteiger partial charge in [0.05, 0.1) is 5.56 Å². The minimum atomic E-state index is -0.852. The summed E-state index contributed by atoms with van der Waals surface area (Å²) in [4.78, 5) is 11.6. The standard InChI is InChI=1S/C22H28O2/c1-2-3-4-5-6-7-9-12-18-15-16-20(21(17-18)22(23)24)19-13-10-8-11-14-19/h8,10-11,13-17H,2-7,9,12H2,1H3,(H,23,24). The minimum absolute atomic E-state index is 0.404. The first-order valence-corrected chi connectivity index (χ1v) is 9.14. The molecule has 0 saturated carbocycles. The van der Waals surface area contributed by atoms with Gasteiger partial charge >= 0.3 is 5.97 Å². The molecule has 0 aliphatic heterocycles. The summed E-state index contributed by atoms with van der Waals surface area (Å²) < 4.78 is 0. The van der Waals surface area contributed by atoms with Crippen molar-refractivity contribution in [1.29, 1.82) is 0 Å². The number of unbranched alkanes of at least 4 members (excludes halogenated alkanes) is 6. The van der Waals surface area contributed by atoms with Crippen LogP contribution in [0.4, 0.5) is 0 Å². The SMILES string of the molecule is CCCCCCCCCc1ccc(-c2ccccc2)c(C(=O)O)c1. The third-order valence-corrected chi connectivity index (χ3v) is 4.47. The Balaban J connectivity index is 1.95. The Morgan fingerprint density at radius 2 is 1.54 bits per heavy atom. The Hall–Kier alpha value is -2.09. The van der Waals surface area contributed by atoms with Gasteiger partial charge in [-0.2, -0.15) is 0 Å². The van der Waals surface area contributed by atoms with Gasteiger partial charge in [0.1, 0.15) is 0 Å². The van der Waals surface area contributed by atoms with Gasteiger partial charge in [-0.1, -0.05) is 87.9 Å². The third kappa shape index (κ3) is 5.52. The molecule has 0 aliphatic rings. The predicted octanol–water partition coefficient (Wildman–Crippen LogP) is 6.34. The summed E-state index contributed by atoms with van der Waals surface area (Å²) in [7, 11) is 0. The van der Waals surface area contributed by atoms with E-state index in [0.29, 0.717) is 5.56 Å². The first-order valence-electron chi connectivity index (χ1n) is 9.14. The maximum atomic E-state index is 11.6. The van der Waals surface area contributed by atoms with E-state index < -0.39 is 5.97 Å². The summed E-state index contributed by atoms with van der Waals surface area (Å²) in [6.45, 7) is 2.24. The Morgan fingerprint density at radius 1 is 0.875 bits per heavy atom. The van der Waals surface area contributed by atoms with Crippen LogP contribution in [0.5, 0.6) is 0 Å². The molecule has 0 saturated heterocycles. The van der Waals surface area contributed by atoms with Gasteiger partial charge in [0.15, 0.2) is 0 Å². The van der Waals surface area contributed by atoms with Crippen LogP contribution >= 0.6 is 0 Å². The molecule has 2 aromatic rings. The van der Waals surface area contributed by atoms with Gasteiger partial charge in [0.25, 0.3) is 0 Å². The third-order valence-electron chi connectivity index (χ3n) is 4.47. The van der Waals surface area contributed by atoms with Gasteiger partial charge in [-0.25, -0.2) is 4.79 Å². The first kappa shape index (κ1) is 18.3. The summed E-state index contributed by atoms with van der Waals surface area (Å²) in [6.07, 6.45) is 9.89. The molecule has 1 N–H and O–H groups in total. The number of hydrogen-bond acceptors (Lipinski definition) is 1. The quantitative estimate of drug-likeness (QED) is 0.517. The van der Waals surface area contributed by atoms with Crippen LogP contribution < -0.4 is 0 Å². The number of carbonyl (C=O) groups is 1. The highest BCUT2D eigenvalue weighted by atomic mass is 16.4.